The fourth-order valence-corrected chi connectivity index (χ4v) is 2.41. The number of hydrogen-bond donors (Lipinski definition) is 2. The van der Waals surface area contributed by atoms with Gasteiger partial charge in [0.2, 0.25) is 5.91 Å². The molecule has 0 aliphatic heterocycles. The summed E-state index contributed by atoms with van der Waals surface area (Å²) in [6.07, 6.45) is 0. The zero-order chi connectivity index (χ0) is 14.1. The Hall–Kier alpha value is -1.04. The zero-order valence-corrected chi connectivity index (χ0v) is 12.5. The van der Waals surface area contributed by atoms with Crippen LogP contribution in [0.2, 0.25) is 0 Å². The Morgan fingerprint density at radius 3 is 2.79 bits per heavy atom. The molecule has 0 aromatic heterocycles. The molecular weight excluding hydrogens is 260 g/mol. The Balaban J connectivity index is 2.49. The molecule has 0 aliphatic carbocycles. The summed E-state index contributed by atoms with van der Waals surface area (Å²) in [7, 11) is 1.64. The number of methoxy groups -OCH3 is 1. The van der Waals surface area contributed by atoms with Gasteiger partial charge in [-0.1, -0.05) is 26.0 Å². The minimum atomic E-state index is -0.0343. The van der Waals surface area contributed by atoms with Crippen LogP contribution in [0.1, 0.15) is 13.8 Å². The van der Waals surface area contributed by atoms with Gasteiger partial charge >= 0.3 is 0 Å². The number of nitrogens with one attached hydrogen (secondary N) is 2. The van der Waals surface area contributed by atoms with Crippen LogP contribution in [0.5, 0.6) is 0 Å². The highest BCUT2D eigenvalue weighted by Gasteiger charge is 2.07. The number of carbonyl (C=O) groups excluding carboxylic acids is 1. The van der Waals surface area contributed by atoms with E-state index < -0.39 is 0 Å². The van der Waals surface area contributed by atoms with E-state index >= 15 is 0 Å². The fraction of sp³-hybridized carbons (Fsp3) is 0.500. The number of hydrogen-bond acceptors (Lipinski definition) is 4. The predicted octanol–water partition coefficient (Wildman–Crippen LogP) is 2.36. The second-order valence-corrected chi connectivity index (χ2v) is 6.00. The van der Waals surface area contributed by atoms with Gasteiger partial charge in [0.1, 0.15) is 0 Å². The van der Waals surface area contributed by atoms with E-state index in [1.807, 2.05) is 24.3 Å². The van der Waals surface area contributed by atoms with Crippen molar-refractivity contribution in [1.29, 1.82) is 0 Å². The molecule has 106 valence electrons. The van der Waals surface area contributed by atoms with Gasteiger partial charge in [0.25, 0.3) is 0 Å². The fourth-order valence-electron chi connectivity index (χ4n) is 1.50. The first-order valence-corrected chi connectivity index (χ1v) is 7.26. The number of anilines is 1. The van der Waals surface area contributed by atoms with E-state index in [9.17, 15) is 4.79 Å². The van der Waals surface area contributed by atoms with Crippen molar-refractivity contribution in [1.82, 2.24) is 5.32 Å². The van der Waals surface area contributed by atoms with Crippen LogP contribution in [-0.2, 0) is 9.53 Å². The largest absolute Gasteiger partial charge is 0.383 e. The maximum Gasteiger partial charge on any atom is 0.238 e. The Morgan fingerprint density at radius 1 is 1.37 bits per heavy atom. The standard InChI is InChI=1S/C14H22N2O2S/c1-11(2)19-13-7-5-4-6-12(13)16-14(17)10-15-8-9-18-3/h4-7,11,15H,8-10H2,1-3H3,(H,16,17). The molecule has 0 bridgehead atoms. The molecule has 0 heterocycles. The van der Waals surface area contributed by atoms with Crippen molar-refractivity contribution >= 4 is 23.4 Å². The van der Waals surface area contributed by atoms with Gasteiger partial charge < -0.3 is 15.4 Å². The van der Waals surface area contributed by atoms with Crippen LogP contribution < -0.4 is 10.6 Å². The molecule has 0 fully saturated rings. The van der Waals surface area contributed by atoms with Gasteiger partial charge in [-0.15, -0.1) is 11.8 Å². The lowest BCUT2D eigenvalue weighted by molar-refractivity contribution is -0.115. The predicted molar refractivity (Wildman–Crippen MR) is 80.8 cm³/mol. The Bertz CT molecular complexity index is 397. The van der Waals surface area contributed by atoms with Crippen molar-refractivity contribution in [3.63, 3.8) is 0 Å². The first-order chi connectivity index (χ1) is 9.13. The van der Waals surface area contributed by atoms with Crippen LogP contribution in [0.15, 0.2) is 29.2 Å². The summed E-state index contributed by atoms with van der Waals surface area (Å²) in [4.78, 5) is 12.9. The summed E-state index contributed by atoms with van der Waals surface area (Å²) in [6, 6.07) is 7.87. The molecule has 0 spiro atoms. The molecule has 0 saturated heterocycles. The molecule has 0 atom stereocenters. The third-order valence-corrected chi connectivity index (χ3v) is 3.37. The second-order valence-electron chi connectivity index (χ2n) is 4.38. The number of carbonyl (C=O) groups is 1. The molecule has 1 rings (SSSR count). The molecule has 1 aromatic carbocycles. The molecule has 0 aliphatic rings. The third-order valence-electron chi connectivity index (χ3n) is 2.29. The van der Waals surface area contributed by atoms with E-state index in [1.54, 1.807) is 18.9 Å². The zero-order valence-electron chi connectivity index (χ0n) is 11.7. The number of rotatable bonds is 8. The molecule has 0 unspecified atom stereocenters. The van der Waals surface area contributed by atoms with Crippen molar-refractivity contribution in [2.45, 2.75) is 24.0 Å². The summed E-state index contributed by atoms with van der Waals surface area (Å²) >= 11 is 1.74. The van der Waals surface area contributed by atoms with Crippen LogP contribution in [0, 0.1) is 0 Å². The average molecular weight is 282 g/mol. The van der Waals surface area contributed by atoms with Crippen LogP contribution >= 0.6 is 11.8 Å². The summed E-state index contributed by atoms with van der Waals surface area (Å²) in [5.41, 5.74) is 0.875. The van der Waals surface area contributed by atoms with Crippen LogP contribution in [0.25, 0.3) is 0 Å². The minimum absolute atomic E-state index is 0.0343. The normalized spacial score (nSPS) is 10.7. The summed E-state index contributed by atoms with van der Waals surface area (Å²) < 4.78 is 4.91. The molecule has 4 nitrogen and oxygen atoms in total. The number of ether oxygens (including phenoxy) is 1. The maximum absolute atomic E-state index is 11.8. The average Bonchev–Trinajstić information content (AvgIpc) is 2.36. The molecule has 0 saturated carbocycles. The smallest absolute Gasteiger partial charge is 0.238 e. The summed E-state index contributed by atoms with van der Waals surface area (Å²) in [6.45, 7) is 5.84. The third kappa shape index (κ3) is 6.61. The van der Waals surface area contributed by atoms with Gasteiger partial charge in [0.15, 0.2) is 0 Å². The van der Waals surface area contributed by atoms with Gasteiger partial charge in [-0.2, -0.15) is 0 Å². The highest BCUT2D eigenvalue weighted by molar-refractivity contribution is 8.00. The second kappa shape index (κ2) is 8.96. The molecule has 0 radical (unpaired) electrons. The molecule has 1 aromatic rings. The number of thioether (sulfide) groups is 1. The molecule has 19 heavy (non-hydrogen) atoms. The van der Waals surface area contributed by atoms with Crippen molar-refractivity contribution in [3.8, 4) is 0 Å². The highest BCUT2D eigenvalue weighted by atomic mass is 32.2. The van der Waals surface area contributed by atoms with Gasteiger partial charge in [-0.25, -0.2) is 0 Å². The lowest BCUT2D eigenvalue weighted by atomic mass is 10.3. The van der Waals surface area contributed by atoms with Gasteiger partial charge in [0, 0.05) is 23.8 Å². The van der Waals surface area contributed by atoms with E-state index in [1.165, 1.54) is 0 Å². The number of amides is 1. The van der Waals surface area contributed by atoms with E-state index in [-0.39, 0.29) is 5.91 Å². The minimum Gasteiger partial charge on any atom is -0.383 e. The first-order valence-electron chi connectivity index (χ1n) is 6.38. The lowest BCUT2D eigenvalue weighted by Crippen LogP contribution is -2.30. The first kappa shape index (κ1) is 16.0. The molecule has 2 N–H and O–H groups in total. The molecule has 5 heteroatoms. The van der Waals surface area contributed by atoms with Gasteiger partial charge in [-0.3, -0.25) is 4.79 Å². The van der Waals surface area contributed by atoms with E-state index in [2.05, 4.69) is 24.5 Å². The topological polar surface area (TPSA) is 50.4 Å². The Kier molecular flexibility index (Phi) is 7.55. The summed E-state index contributed by atoms with van der Waals surface area (Å²) in [5, 5.41) is 6.44. The van der Waals surface area contributed by atoms with Crippen molar-refractivity contribution in [2.24, 2.45) is 0 Å². The molecular formula is C14H22N2O2S. The number of para-hydroxylation sites is 1. The van der Waals surface area contributed by atoms with Gasteiger partial charge in [0.05, 0.1) is 18.8 Å². The maximum atomic E-state index is 11.8. The van der Waals surface area contributed by atoms with E-state index in [0.717, 1.165) is 10.6 Å². The van der Waals surface area contributed by atoms with Crippen molar-refractivity contribution < 1.29 is 9.53 Å². The molecule has 1 amide bonds. The monoisotopic (exact) mass is 282 g/mol. The Morgan fingerprint density at radius 2 is 2.11 bits per heavy atom. The number of benzene rings is 1. The SMILES string of the molecule is COCCNCC(=O)Nc1ccccc1SC(C)C. The van der Waals surface area contributed by atoms with Crippen molar-refractivity contribution in [2.75, 3.05) is 32.1 Å². The van der Waals surface area contributed by atoms with Crippen LogP contribution in [-0.4, -0.2) is 38.0 Å². The van der Waals surface area contributed by atoms with E-state index in [4.69, 9.17) is 4.74 Å². The summed E-state index contributed by atoms with van der Waals surface area (Å²) in [5.74, 6) is -0.0343. The van der Waals surface area contributed by atoms with Crippen LogP contribution in [0.3, 0.4) is 0 Å². The van der Waals surface area contributed by atoms with Gasteiger partial charge in [-0.05, 0) is 12.1 Å². The highest BCUT2D eigenvalue weighted by Crippen LogP contribution is 2.29. The quantitative estimate of drug-likeness (QED) is 0.568. The van der Waals surface area contributed by atoms with Crippen molar-refractivity contribution in [3.05, 3.63) is 24.3 Å². The lowest BCUT2D eigenvalue weighted by Gasteiger charge is -2.12. The Labute approximate surface area is 119 Å². The van der Waals surface area contributed by atoms with E-state index in [0.29, 0.717) is 24.9 Å². The van der Waals surface area contributed by atoms with Crippen LogP contribution in [0.4, 0.5) is 5.69 Å².